The minimum atomic E-state index is 0.316. The molecule has 2 aromatic rings. The average Bonchev–Trinajstić information content (AvgIpc) is 2.84. The third-order valence-electron chi connectivity index (χ3n) is 3.28. The number of ether oxygens (including phenoxy) is 1. The summed E-state index contributed by atoms with van der Waals surface area (Å²) in [6.07, 6.45) is 1.07. The molecule has 4 heteroatoms. The van der Waals surface area contributed by atoms with E-state index in [0.717, 1.165) is 18.7 Å². The van der Waals surface area contributed by atoms with Crippen molar-refractivity contribution in [3.05, 3.63) is 50.1 Å². The van der Waals surface area contributed by atoms with Crippen molar-refractivity contribution in [3.8, 4) is 5.75 Å². The Hall–Kier alpha value is -0.840. The van der Waals surface area contributed by atoms with Crippen LogP contribution < -0.4 is 10.1 Å². The molecular weight excluding hydrogens is 310 g/mol. The zero-order valence-corrected chi connectivity index (χ0v) is 12.5. The highest BCUT2D eigenvalue weighted by Gasteiger charge is 2.22. The molecule has 1 N–H and O–H groups in total. The van der Waals surface area contributed by atoms with E-state index in [-0.39, 0.29) is 0 Å². The molecule has 0 fully saturated rings. The summed E-state index contributed by atoms with van der Waals surface area (Å²) in [5.74, 6) is 0.946. The van der Waals surface area contributed by atoms with E-state index in [1.807, 2.05) is 6.07 Å². The van der Waals surface area contributed by atoms with Gasteiger partial charge >= 0.3 is 0 Å². The quantitative estimate of drug-likeness (QED) is 0.908. The molecule has 1 unspecified atom stereocenters. The molecule has 18 heavy (non-hydrogen) atoms. The Kier molecular flexibility index (Phi) is 3.41. The molecule has 1 aromatic heterocycles. The van der Waals surface area contributed by atoms with Crippen LogP contribution in [0.25, 0.3) is 0 Å². The SMILES string of the molecule is COc1ccc2c(c1)CCNC2c1ccc(Br)s1. The van der Waals surface area contributed by atoms with E-state index in [4.69, 9.17) is 4.74 Å². The molecule has 1 atom stereocenters. The molecule has 2 nitrogen and oxygen atoms in total. The van der Waals surface area contributed by atoms with Gasteiger partial charge in [-0.15, -0.1) is 11.3 Å². The second-order valence-electron chi connectivity index (χ2n) is 4.34. The van der Waals surface area contributed by atoms with Crippen molar-refractivity contribution in [3.63, 3.8) is 0 Å². The zero-order valence-electron chi connectivity index (χ0n) is 10.1. The van der Waals surface area contributed by atoms with E-state index >= 15 is 0 Å². The number of halogens is 1. The van der Waals surface area contributed by atoms with Gasteiger partial charge in [0.05, 0.1) is 16.9 Å². The highest BCUT2D eigenvalue weighted by Crippen LogP contribution is 2.35. The molecule has 3 rings (SSSR count). The predicted octanol–water partition coefficient (Wildman–Crippen LogP) is 3.75. The topological polar surface area (TPSA) is 21.3 Å². The van der Waals surface area contributed by atoms with E-state index in [2.05, 4.69) is 45.5 Å². The lowest BCUT2D eigenvalue weighted by Crippen LogP contribution is -2.29. The van der Waals surface area contributed by atoms with Gasteiger partial charge in [0.2, 0.25) is 0 Å². The van der Waals surface area contributed by atoms with E-state index in [9.17, 15) is 0 Å². The van der Waals surface area contributed by atoms with Gasteiger partial charge in [-0.25, -0.2) is 0 Å². The molecule has 1 aromatic carbocycles. The van der Waals surface area contributed by atoms with Gasteiger partial charge in [-0.1, -0.05) is 6.07 Å². The molecule has 0 bridgehead atoms. The lowest BCUT2D eigenvalue weighted by atomic mass is 9.93. The van der Waals surface area contributed by atoms with E-state index in [1.165, 1.54) is 19.8 Å². The highest BCUT2D eigenvalue weighted by molar-refractivity contribution is 9.11. The first-order valence-electron chi connectivity index (χ1n) is 5.93. The second kappa shape index (κ2) is 5.03. The molecule has 1 aliphatic rings. The summed E-state index contributed by atoms with van der Waals surface area (Å²) in [6, 6.07) is 11.0. The van der Waals surface area contributed by atoms with Crippen LogP contribution >= 0.6 is 27.3 Å². The van der Waals surface area contributed by atoms with Gasteiger partial charge in [-0.2, -0.15) is 0 Å². The maximum atomic E-state index is 5.30. The Labute approximate surface area is 119 Å². The van der Waals surface area contributed by atoms with Crippen molar-refractivity contribution in [2.45, 2.75) is 12.5 Å². The first-order chi connectivity index (χ1) is 8.78. The molecule has 0 aliphatic carbocycles. The molecule has 94 valence electrons. The summed E-state index contributed by atoms with van der Waals surface area (Å²) in [5, 5.41) is 3.59. The molecule has 0 radical (unpaired) electrons. The van der Waals surface area contributed by atoms with Gasteiger partial charge in [0.15, 0.2) is 0 Å². The first-order valence-corrected chi connectivity index (χ1v) is 7.54. The normalized spacial score (nSPS) is 18.4. The van der Waals surface area contributed by atoms with Gasteiger partial charge in [-0.05, 0) is 57.7 Å². The maximum Gasteiger partial charge on any atom is 0.119 e. The van der Waals surface area contributed by atoms with Crippen LogP contribution in [-0.4, -0.2) is 13.7 Å². The van der Waals surface area contributed by atoms with Crippen LogP contribution in [-0.2, 0) is 6.42 Å². The predicted molar refractivity (Wildman–Crippen MR) is 78.6 cm³/mol. The van der Waals surface area contributed by atoms with Gasteiger partial charge < -0.3 is 10.1 Å². The molecular formula is C14H14BrNOS. The number of thiophene rings is 1. The van der Waals surface area contributed by atoms with Crippen LogP contribution in [0.5, 0.6) is 5.75 Å². The van der Waals surface area contributed by atoms with Crippen LogP contribution in [0.15, 0.2) is 34.1 Å². The fourth-order valence-electron chi connectivity index (χ4n) is 2.41. The summed E-state index contributed by atoms with van der Waals surface area (Å²) in [7, 11) is 1.72. The van der Waals surface area contributed by atoms with Crippen molar-refractivity contribution in [2.75, 3.05) is 13.7 Å². The Bertz CT molecular complexity index is 567. The number of hydrogen-bond acceptors (Lipinski definition) is 3. The van der Waals surface area contributed by atoms with Crippen molar-refractivity contribution >= 4 is 27.3 Å². The first kappa shape index (κ1) is 12.2. The van der Waals surface area contributed by atoms with Crippen LogP contribution in [0.2, 0.25) is 0 Å². The van der Waals surface area contributed by atoms with E-state index in [1.54, 1.807) is 18.4 Å². The number of fused-ring (bicyclic) bond motifs is 1. The van der Waals surface area contributed by atoms with Crippen LogP contribution in [0.1, 0.15) is 22.0 Å². The van der Waals surface area contributed by atoms with Crippen LogP contribution in [0.4, 0.5) is 0 Å². The maximum absolute atomic E-state index is 5.30. The van der Waals surface area contributed by atoms with Gasteiger partial charge in [0.1, 0.15) is 5.75 Å². The smallest absolute Gasteiger partial charge is 0.119 e. The standard InChI is InChI=1S/C14H14BrNOS/c1-17-10-2-3-11-9(8-10)6-7-16-14(11)12-4-5-13(15)18-12/h2-5,8,14,16H,6-7H2,1H3. The fourth-order valence-corrected chi connectivity index (χ4v) is 3.92. The van der Waals surface area contributed by atoms with Crippen molar-refractivity contribution in [1.29, 1.82) is 0 Å². The van der Waals surface area contributed by atoms with E-state index in [0.29, 0.717) is 6.04 Å². The minimum absolute atomic E-state index is 0.316. The van der Waals surface area contributed by atoms with Gasteiger partial charge in [0.25, 0.3) is 0 Å². The molecule has 0 saturated heterocycles. The highest BCUT2D eigenvalue weighted by atomic mass is 79.9. The summed E-state index contributed by atoms with van der Waals surface area (Å²) >= 11 is 5.32. The number of methoxy groups -OCH3 is 1. The lowest BCUT2D eigenvalue weighted by Gasteiger charge is -2.26. The van der Waals surface area contributed by atoms with E-state index < -0.39 is 0 Å². The number of rotatable bonds is 2. The molecule has 0 spiro atoms. The van der Waals surface area contributed by atoms with Crippen molar-refractivity contribution in [1.82, 2.24) is 5.32 Å². The van der Waals surface area contributed by atoms with Crippen molar-refractivity contribution in [2.24, 2.45) is 0 Å². The molecule has 0 saturated carbocycles. The van der Waals surface area contributed by atoms with Gasteiger partial charge in [-0.3, -0.25) is 0 Å². The Morgan fingerprint density at radius 2 is 2.22 bits per heavy atom. The minimum Gasteiger partial charge on any atom is -0.497 e. The monoisotopic (exact) mass is 323 g/mol. The Morgan fingerprint density at radius 3 is 2.94 bits per heavy atom. The largest absolute Gasteiger partial charge is 0.497 e. The lowest BCUT2D eigenvalue weighted by molar-refractivity contribution is 0.413. The summed E-state index contributed by atoms with van der Waals surface area (Å²) in [4.78, 5) is 1.35. The fraction of sp³-hybridized carbons (Fsp3) is 0.286. The van der Waals surface area contributed by atoms with Crippen LogP contribution in [0.3, 0.4) is 0 Å². The number of nitrogens with one attached hydrogen (secondary N) is 1. The second-order valence-corrected chi connectivity index (χ2v) is 6.84. The molecule has 1 aliphatic heterocycles. The summed E-state index contributed by atoms with van der Waals surface area (Å²) < 4.78 is 6.48. The third kappa shape index (κ3) is 2.20. The van der Waals surface area contributed by atoms with Crippen LogP contribution in [0, 0.1) is 0 Å². The summed E-state index contributed by atoms with van der Waals surface area (Å²) in [5.41, 5.74) is 2.76. The summed E-state index contributed by atoms with van der Waals surface area (Å²) in [6.45, 7) is 1.01. The zero-order chi connectivity index (χ0) is 12.5. The third-order valence-corrected chi connectivity index (χ3v) is 4.97. The number of benzene rings is 1. The Morgan fingerprint density at radius 1 is 1.33 bits per heavy atom. The Balaban J connectivity index is 2.01. The molecule has 0 amide bonds. The number of hydrogen-bond donors (Lipinski definition) is 1. The average molecular weight is 324 g/mol. The van der Waals surface area contributed by atoms with Gasteiger partial charge in [0, 0.05) is 11.4 Å². The van der Waals surface area contributed by atoms with Crippen molar-refractivity contribution < 1.29 is 4.74 Å². The molecule has 2 heterocycles.